The lowest BCUT2D eigenvalue weighted by atomic mass is 10.1. The third-order valence-electron chi connectivity index (χ3n) is 7.38. The summed E-state index contributed by atoms with van der Waals surface area (Å²) in [5.41, 5.74) is 3.44. The maximum absolute atomic E-state index is 13.0. The topological polar surface area (TPSA) is 94.7 Å². The number of aromatic nitrogens is 4. The average molecular weight is 567 g/mol. The standard InChI is InChI=1S/C29H32F2N6O4/c1-18-5-8-25(41-28(30)31)21(11-18)16-37-24-12-20(6-7-23(24)27(39)34(37)3)22-13-32-29(33-14-22)35-9-10-36(19(2)15-35)26(38)17-40-4/h5-8,11-14,19,28H,9-10,15-17H2,1-4H3/t19-/m1/s1. The van der Waals surface area contributed by atoms with Gasteiger partial charge in [-0.1, -0.05) is 23.8 Å². The summed E-state index contributed by atoms with van der Waals surface area (Å²) in [6.45, 7) is 2.89. The Hall–Kier alpha value is -4.32. The molecular weight excluding hydrogens is 534 g/mol. The van der Waals surface area contributed by atoms with Gasteiger partial charge in [0.25, 0.3) is 5.56 Å². The molecule has 1 saturated heterocycles. The van der Waals surface area contributed by atoms with Crippen molar-refractivity contribution >= 4 is 22.8 Å². The maximum atomic E-state index is 13.0. The summed E-state index contributed by atoms with van der Waals surface area (Å²) < 4.78 is 39.0. The van der Waals surface area contributed by atoms with Crippen LogP contribution in [0, 0.1) is 6.92 Å². The third-order valence-corrected chi connectivity index (χ3v) is 7.38. The first kappa shape index (κ1) is 28.2. The van der Waals surface area contributed by atoms with Crippen molar-refractivity contribution in [1.82, 2.24) is 24.2 Å². The number of piperazine rings is 1. The Bertz CT molecular complexity index is 1620. The highest BCUT2D eigenvalue weighted by Gasteiger charge is 2.28. The minimum absolute atomic E-state index is 0.00749. The van der Waals surface area contributed by atoms with Crippen molar-refractivity contribution in [1.29, 1.82) is 0 Å². The predicted octanol–water partition coefficient (Wildman–Crippen LogP) is 3.44. The van der Waals surface area contributed by atoms with Crippen molar-refractivity contribution in [3.8, 4) is 16.9 Å². The smallest absolute Gasteiger partial charge is 0.387 e. The lowest BCUT2D eigenvalue weighted by molar-refractivity contribution is -0.137. The molecule has 3 heterocycles. The molecule has 216 valence electrons. The van der Waals surface area contributed by atoms with E-state index < -0.39 is 6.61 Å². The lowest BCUT2D eigenvalue weighted by Crippen LogP contribution is -2.55. The van der Waals surface area contributed by atoms with Gasteiger partial charge in [-0.2, -0.15) is 8.78 Å². The highest BCUT2D eigenvalue weighted by molar-refractivity contribution is 5.84. The summed E-state index contributed by atoms with van der Waals surface area (Å²) >= 11 is 0. The minimum Gasteiger partial charge on any atom is -0.434 e. The van der Waals surface area contributed by atoms with Gasteiger partial charge in [0, 0.05) is 63.4 Å². The van der Waals surface area contributed by atoms with Gasteiger partial charge in [-0.05, 0) is 37.6 Å². The average Bonchev–Trinajstić information content (AvgIpc) is 3.18. The number of rotatable bonds is 8. The Kier molecular flexibility index (Phi) is 8.02. The van der Waals surface area contributed by atoms with E-state index in [0.717, 1.165) is 16.7 Å². The number of aryl methyl sites for hydroxylation is 1. The number of fused-ring (bicyclic) bond motifs is 1. The highest BCUT2D eigenvalue weighted by Crippen LogP contribution is 2.27. The van der Waals surface area contributed by atoms with Gasteiger partial charge >= 0.3 is 6.61 Å². The second kappa shape index (κ2) is 11.7. The summed E-state index contributed by atoms with van der Waals surface area (Å²) in [5.74, 6) is 0.604. The zero-order valence-electron chi connectivity index (χ0n) is 23.4. The van der Waals surface area contributed by atoms with Gasteiger partial charge in [0.05, 0.1) is 17.4 Å². The van der Waals surface area contributed by atoms with Gasteiger partial charge in [-0.25, -0.2) is 9.97 Å². The van der Waals surface area contributed by atoms with E-state index in [1.165, 1.54) is 17.9 Å². The van der Waals surface area contributed by atoms with E-state index in [1.807, 2.05) is 35.8 Å². The van der Waals surface area contributed by atoms with Crippen molar-refractivity contribution in [2.24, 2.45) is 7.05 Å². The molecule has 1 fully saturated rings. The van der Waals surface area contributed by atoms with Crippen LogP contribution < -0.4 is 15.2 Å². The Morgan fingerprint density at radius 3 is 2.54 bits per heavy atom. The molecule has 1 atom stereocenters. The van der Waals surface area contributed by atoms with Gasteiger partial charge in [-0.3, -0.25) is 19.0 Å². The first-order chi connectivity index (χ1) is 19.7. The van der Waals surface area contributed by atoms with Gasteiger partial charge in [0.1, 0.15) is 12.4 Å². The zero-order valence-corrected chi connectivity index (χ0v) is 23.4. The fraction of sp³-hybridized carbons (Fsp3) is 0.379. The van der Waals surface area contributed by atoms with E-state index in [-0.39, 0.29) is 36.4 Å². The number of carbonyl (C=O) groups is 1. The zero-order chi connectivity index (χ0) is 29.3. The van der Waals surface area contributed by atoms with Gasteiger partial charge in [0.15, 0.2) is 0 Å². The Labute approximate surface area is 235 Å². The molecule has 1 aliphatic heterocycles. The molecule has 0 unspecified atom stereocenters. The first-order valence-electron chi connectivity index (χ1n) is 13.3. The summed E-state index contributed by atoms with van der Waals surface area (Å²) in [5, 5.41) is 0.507. The van der Waals surface area contributed by atoms with Crippen molar-refractivity contribution in [2.75, 3.05) is 38.3 Å². The SMILES string of the molecule is COCC(=O)N1CCN(c2ncc(-c3ccc4c(=O)n(C)n(Cc5cc(C)ccc5OC(F)F)c4c3)cn2)C[C@H]1C. The van der Waals surface area contributed by atoms with E-state index in [4.69, 9.17) is 9.47 Å². The number of carbonyl (C=O) groups excluding carboxylic acids is 1. The number of ether oxygens (including phenoxy) is 2. The van der Waals surface area contributed by atoms with E-state index in [9.17, 15) is 18.4 Å². The molecule has 10 nitrogen and oxygen atoms in total. The van der Waals surface area contributed by atoms with Crippen LogP contribution in [0.2, 0.25) is 0 Å². The van der Waals surface area contributed by atoms with Crippen LogP contribution >= 0.6 is 0 Å². The molecule has 1 amide bonds. The van der Waals surface area contributed by atoms with Crippen molar-refractivity contribution in [2.45, 2.75) is 33.0 Å². The molecule has 2 aromatic heterocycles. The third kappa shape index (κ3) is 5.78. The molecule has 0 N–H and O–H groups in total. The number of benzene rings is 2. The van der Waals surface area contributed by atoms with Crippen molar-refractivity contribution in [3.05, 3.63) is 70.3 Å². The molecular formula is C29H32F2N6O4. The quantitative estimate of drug-likeness (QED) is 0.323. The fourth-order valence-electron chi connectivity index (χ4n) is 5.30. The molecule has 1 aliphatic rings. The van der Waals surface area contributed by atoms with Crippen molar-refractivity contribution < 1.29 is 23.0 Å². The van der Waals surface area contributed by atoms with Crippen LogP contribution in [0.1, 0.15) is 18.1 Å². The summed E-state index contributed by atoms with van der Waals surface area (Å²) in [4.78, 5) is 38.3. The van der Waals surface area contributed by atoms with Crippen LogP contribution in [-0.2, 0) is 23.1 Å². The summed E-state index contributed by atoms with van der Waals surface area (Å²) in [6, 6.07) is 10.5. The molecule has 0 spiro atoms. The predicted molar refractivity (Wildman–Crippen MR) is 150 cm³/mol. The minimum atomic E-state index is -2.96. The van der Waals surface area contributed by atoms with E-state index in [2.05, 4.69) is 9.97 Å². The molecule has 0 saturated carbocycles. The lowest BCUT2D eigenvalue weighted by Gasteiger charge is -2.39. The van der Waals surface area contributed by atoms with Gasteiger partial charge in [0.2, 0.25) is 11.9 Å². The van der Waals surface area contributed by atoms with Crippen LogP contribution in [-0.4, -0.2) is 76.1 Å². The Balaban J connectivity index is 1.41. The van der Waals surface area contributed by atoms with Gasteiger partial charge in [-0.15, -0.1) is 0 Å². The normalized spacial score (nSPS) is 15.6. The second-order valence-corrected chi connectivity index (χ2v) is 10.2. The highest BCUT2D eigenvalue weighted by atomic mass is 19.3. The molecule has 4 aromatic rings. The number of alkyl halides is 2. The largest absolute Gasteiger partial charge is 0.434 e. The molecule has 0 bridgehead atoms. The molecule has 41 heavy (non-hydrogen) atoms. The number of nitrogens with zero attached hydrogens (tertiary/aromatic N) is 6. The van der Waals surface area contributed by atoms with Gasteiger partial charge < -0.3 is 19.3 Å². The number of anilines is 1. The molecule has 0 radical (unpaired) electrons. The summed E-state index contributed by atoms with van der Waals surface area (Å²) in [6.07, 6.45) is 3.47. The van der Waals surface area contributed by atoms with E-state index in [1.54, 1.807) is 42.3 Å². The Morgan fingerprint density at radius 2 is 1.85 bits per heavy atom. The monoisotopic (exact) mass is 566 g/mol. The van der Waals surface area contributed by atoms with E-state index >= 15 is 0 Å². The maximum Gasteiger partial charge on any atom is 0.387 e. The summed E-state index contributed by atoms with van der Waals surface area (Å²) in [7, 11) is 3.15. The Morgan fingerprint density at radius 1 is 1.10 bits per heavy atom. The molecule has 5 rings (SSSR count). The molecule has 12 heteroatoms. The first-order valence-corrected chi connectivity index (χ1v) is 13.3. The number of hydrogen-bond donors (Lipinski definition) is 0. The van der Waals surface area contributed by atoms with Crippen LogP contribution in [0.4, 0.5) is 14.7 Å². The van der Waals surface area contributed by atoms with Crippen molar-refractivity contribution in [3.63, 3.8) is 0 Å². The van der Waals surface area contributed by atoms with E-state index in [0.29, 0.717) is 42.0 Å². The number of amides is 1. The number of halogens is 2. The second-order valence-electron chi connectivity index (χ2n) is 10.2. The molecule has 0 aliphatic carbocycles. The van der Waals surface area contributed by atoms with Crippen LogP contribution in [0.25, 0.3) is 22.0 Å². The number of methoxy groups -OCH3 is 1. The van der Waals surface area contributed by atoms with Crippen LogP contribution in [0.5, 0.6) is 5.75 Å². The fourth-order valence-corrected chi connectivity index (χ4v) is 5.30. The van der Waals surface area contributed by atoms with Crippen LogP contribution in [0.3, 0.4) is 0 Å². The molecule has 2 aromatic carbocycles. The van der Waals surface area contributed by atoms with Crippen LogP contribution in [0.15, 0.2) is 53.6 Å². The number of hydrogen-bond acceptors (Lipinski definition) is 7.